The summed E-state index contributed by atoms with van der Waals surface area (Å²) < 4.78 is 51.6. The monoisotopic (exact) mass is 285 g/mol. The topological polar surface area (TPSA) is 89.4 Å². The van der Waals surface area contributed by atoms with E-state index in [4.69, 9.17) is 11.5 Å². The number of halogens is 4. The highest BCUT2D eigenvalue weighted by Gasteiger charge is 2.64. The van der Waals surface area contributed by atoms with Gasteiger partial charge in [-0.05, 0) is 12.8 Å². The van der Waals surface area contributed by atoms with Crippen LogP contribution in [-0.4, -0.2) is 47.7 Å². The normalized spacial score (nSPS) is 22.3. The Morgan fingerprint density at radius 3 is 2.05 bits per heavy atom. The summed E-state index contributed by atoms with van der Waals surface area (Å²) in [5.41, 5.74) is 10.3. The Morgan fingerprint density at radius 2 is 1.63 bits per heavy atom. The minimum absolute atomic E-state index is 0.00665. The molecule has 1 unspecified atom stereocenters. The number of amides is 2. The summed E-state index contributed by atoms with van der Waals surface area (Å²) in [6.45, 7) is -2.69. The maximum atomic E-state index is 12.9. The lowest BCUT2D eigenvalue weighted by atomic mass is 10.1. The Hall–Kier alpha value is -1.38. The molecule has 0 radical (unpaired) electrons. The summed E-state index contributed by atoms with van der Waals surface area (Å²) >= 11 is 0. The van der Waals surface area contributed by atoms with Crippen molar-refractivity contribution in [1.29, 1.82) is 0 Å². The van der Waals surface area contributed by atoms with E-state index in [1.807, 2.05) is 0 Å². The first-order valence-corrected chi connectivity index (χ1v) is 5.65. The third-order valence-electron chi connectivity index (χ3n) is 2.88. The predicted molar refractivity (Wildman–Crippen MR) is 57.5 cm³/mol. The summed E-state index contributed by atoms with van der Waals surface area (Å²) in [5.74, 6) is -10.0. The quantitative estimate of drug-likeness (QED) is 0.701. The number of nitrogens with two attached hydrogens (primary N) is 2. The highest BCUT2D eigenvalue weighted by molar-refractivity contribution is 5.82. The Labute approximate surface area is 106 Å². The number of carbonyl (C=O) groups is 2. The van der Waals surface area contributed by atoms with Gasteiger partial charge in [-0.25, -0.2) is 0 Å². The molecule has 1 aliphatic rings. The van der Waals surface area contributed by atoms with Crippen molar-refractivity contribution in [2.45, 2.75) is 37.1 Å². The summed E-state index contributed by atoms with van der Waals surface area (Å²) in [5, 5.41) is 0. The van der Waals surface area contributed by atoms with Crippen molar-refractivity contribution in [2.24, 2.45) is 11.5 Å². The van der Waals surface area contributed by atoms with Gasteiger partial charge in [0.2, 0.25) is 11.8 Å². The third kappa shape index (κ3) is 3.55. The van der Waals surface area contributed by atoms with Gasteiger partial charge in [-0.15, -0.1) is 0 Å². The molecule has 0 aliphatic carbocycles. The zero-order chi connectivity index (χ0) is 14.8. The smallest absolute Gasteiger partial charge is 0.329 e. The molecular formula is C10H15F4N3O2. The van der Waals surface area contributed by atoms with Crippen LogP contribution in [0.1, 0.15) is 19.3 Å². The molecule has 1 heterocycles. The van der Waals surface area contributed by atoms with Gasteiger partial charge in [0.05, 0.1) is 19.1 Å². The first-order chi connectivity index (χ1) is 8.57. The zero-order valence-electron chi connectivity index (χ0n) is 10.0. The molecule has 4 N–H and O–H groups in total. The maximum Gasteiger partial charge on any atom is 0.329 e. The fraction of sp³-hybridized carbons (Fsp3) is 0.800. The average Bonchev–Trinajstić information content (AvgIpc) is 2.46. The van der Waals surface area contributed by atoms with E-state index in [0.717, 1.165) is 0 Å². The fourth-order valence-electron chi connectivity index (χ4n) is 1.78. The number of rotatable bonds is 5. The predicted octanol–water partition coefficient (Wildman–Crippen LogP) is 0.0821. The van der Waals surface area contributed by atoms with E-state index in [0.29, 0.717) is 4.90 Å². The van der Waals surface area contributed by atoms with Crippen LogP contribution in [0.5, 0.6) is 0 Å². The van der Waals surface area contributed by atoms with Crippen molar-refractivity contribution in [3.8, 4) is 0 Å². The number of carbonyl (C=O) groups excluding carboxylic acids is 2. The van der Waals surface area contributed by atoms with Crippen molar-refractivity contribution < 1.29 is 27.2 Å². The molecule has 1 aliphatic heterocycles. The van der Waals surface area contributed by atoms with Crippen LogP contribution in [0.15, 0.2) is 0 Å². The summed E-state index contributed by atoms with van der Waals surface area (Å²) in [4.78, 5) is 22.4. The second-order valence-corrected chi connectivity index (χ2v) is 4.57. The highest BCUT2D eigenvalue weighted by Crippen LogP contribution is 2.41. The van der Waals surface area contributed by atoms with Crippen LogP contribution in [0.4, 0.5) is 17.6 Å². The molecule has 1 atom stereocenters. The SMILES string of the molecule is NC(=O)CCCC(N)C(=O)N1CC(F)(F)C(F)(F)C1. The van der Waals surface area contributed by atoms with Gasteiger partial charge in [-0.3, -0.25) is 9.59 Å². The lowest BCUT2D eigenvalue weighted by Gasteiger charge is -2.19. The Balaban J connectivity index is 2.53. The lowest BCUT2D eigenvalue weighted by Crippen LogP contribution is -2.43. The van der Waals surface area contributed by atoms with Crippen LogP contribution in [-0.2, 0) is 9.59 Å². The van der Waals surface area contributed by atoms with Gasteiger partial charge in [0, 0.05) is 6.42 Å². The molecule has 0 aromatic rings. The van der Waals surface area contributed by atoms with E-state index in [-0.39, 0.29) is 19.3 Å². The maximum absolute atomic E-state index is 12.9. The van der Waals surface area contributed by atoms with Crippen molar-refractivity contribution in [3.63, 3.8) is 0 Å². The van der Waals surface area contributed by atoms with E-state index in [9.17, 15) is 27.2 Å². The van der Waals surface area contributed by atoms with Crippen LogP contribution >= 0.6 is 0 Å². The molecule has 0 aromatic heterocycles. The Morgan fingerprint density at radius 1 is 1.16 bits per heavy atom. The molecule has 1 fully saturated rings. The number of nitrogens with zero attached hydrogens (tertiary/aromatic N) is 1. The first kappa shape index (κ1) is 15.7. The Kier molecular flexibility index (Phi) is 4.39. The molecule has 0 bridgehead atoms. The molecule has 1 saturated heterocycles. The van der Waals surface area contributed by atoms with Gasteiger partial charge in [0.15, 0.2) is 0 Å². The number of hydrogen-bond acceptors (Lipinski definition) is 3. The van der Waals surface area contributed by atoms with E-state index >= 15 is 0 Å². The van der Waals surface area contributed by atoms with E-state index < -0.39 is 42.8 Å². The van der Waals surface area contributed by atoms with E-state index in [1.54, 1.807) is 0 Å². The molecule has 19 heavy (non-hydrogen) atoms. The fourth-order valence-corrected chi connectivity index (χ4v) is 1.78. The second kappa shape index (κ2) is 5.32. The van der Waals surface area contributed by atoms with Crippen LogP contribution in [0.3, 0.4) is 0 Å². The zero-order valence-corrected chi connectivity index (χ0v) is 10.0. The molecule has 0 saturated carbocycles. The Bertz CT molecular complexity index is 360. The molecule has 110 valence electrons. The molecule has 5 nitrogen and oxygen atoms in total. The number of hydrogen-bond donors (Lipinski definition) is 2. The summed E-state index contributed by atoms with van der Waals surface area (Å²) in [6.07, 6.45) is 0.214. The summed E-state index contributed by atoms with van der Waals surface area (Å²) in [6, 6.07) is -1.19. The van der Waals surface area contributed by atoms with Crippen molar-refractivity contribution in [2.75, 3.05) is 13.1 Å². The minimum Gasteiger partial charge on any atom is -0.370 e. The average molecular weight is 285 g/mol. The first-order valence-electron chi connectivity index (χ1n) is 5.65. The number of primary amides is 1. The summed E-state index contributed by atoms with van der Waals surface area (Å²) in [7, 11) is 0. The largest absolute Gasteiger partial charge is 0.370 e. The molecule has 0 spiro atoms. The van der Waals surface area contributed by atoms with Crippen LogP contribution in [0, 0.1) is 0 Å². The molecule has 9 heteroatoms. The van der Waals surface area contributed by atoms with Crippen molar-refractivity contribution in [1.82, 2.24) is 4.90 Å². The van der Waals surface area contributed by atoms with E-state index in [1.165, 1.54) is 0 Å². The molecule has 0 aromatic carbocycles. The lowest BCUT2D eigenvalue weighted by molar-refractivity contribution is -0.172. The number of likely N-dealkylation sites (tertiary alicyclic amines) is 1. The van der Waals surface area contributed by atoms with Gasteiger partial charge in [0.1, 0.15) is 0 Å². The number of alkyl halides is 4. The minimum atomic E-state index is -4.24. The van der Waals surface area contributed by atoms with Crippen molar-refractivity contribution in [3.05, 3.63) is 0 Å². The van der Waals surface area contributed by atoms with Gasteiger partial charge in [-0.1, -0.05) is 0 Å². The van der Waals surface area contributed by atoms with Crippen LogP contribution in [0.25, 0.3) is 0 Å². The van der Waals surface area contributed by atoms with Gasteiger partial charge in [0.25, 0.3) is 0 Å². The molecule has 1 rings (SSSR count). The third-order valence-corrected chi connectivity index (χ3v) is 2.88. The second-order valence-electron chi connectivity index (χ2n) is 4.57. The van der Waals surface area contributed by atoms with E-state index in [2.05, 4.69) is 0 Å². The van der Waals surface area contributed by atoms with Crippen LogP contribution in [0.2, 0.25) is 0 Å². The van der Waals surface area contributed by atoms with Gasteiger partial charge in [-0.2, -0.15) is 17.6 Å². The van der Waals surface area contributed by atoms with Crippen molar-refractivity contribution >= 4 is 11.8 Å². The molecule has 2 amide bonds. The van der Waals surface area contributed by atoms with Crippen LogP contribution < -0.4 is 11.5 Å². The molecular weight excluding hydrogens is 270 g/mol. The standard InChI is InChI=1S/C10H15F4N3O2/c11-9(12)4-17(5-10(9,13)14)8(19)6(15)2-1-3-7(16)18/h6H,1-5,15H2,(H2,16,18). The highest BCUT2D eigenvalue weighted by atomic mass is 19.3. The van der Waals surface area contributed by atoms with Gasteiger partial charge < -0.3 is 16.4 Å². The van der Waals surface area contributed by atoms with Gasteiger partial charge >= 0.3 is 11.8 Å².